The molecule has 0 saturated carbocycles. The van der Waals surface area contributed by atoms with Crippen LogP contribution in [0.3, 0.4) is 0 Å². The highest BCUT2D eigenvalue weighted by molar-refractivity contribution is 6.30. The number of hydrogen-bond acceptors (Lipinski definition) is 2. The predicted molar refractivity (Wildman–Crippen MR) is 55.5 cm³/mol. The summed E-state index contributed by atoms with van der Waals surface area (Å²) in [5.74, 6) is 0.0135. The Hall–Kier alpha value is -1.22. The second kappa shape index (κ2) is 4.86. The molecule has 2 N–H and O–H groups in total. The third kappa shape index (κ3) is 2.92. The lowest BCUT2D eigenvalue weighted by Crippen LogP contribution is -2.29. The average molecular weight is 214 g/mol. The molecule has 0 aliphatic carbocycles. The van der Waals surface area contributed by atoms with Gasteiger partial charge in [0.2, 0.25) is 5.91 Å². The summed E-state index contributed by atoms with van der Waals surface area (Å²) in [6.07, 6.45) is 0.460. The van der Waals surface area contributed by atoms with Gasteiger partial charge in [-0.1, -0.05) is 12.1 Å². The van der Waals surface area contributed by atoms with Gasteiger partial charge in [0.1, 0.15) is 11.1 Å². The van der Waals surface area contributed by atoms with Crippen LogP contribution >= 0.6 is 11.6 Å². The Balaban J connectivity index is 2.60. The van der Waals surface area contributed by atoms with E-state index in [2.05, 4.69) is 5.32 Å². The van der Waals surface area contributed by atoms with Gasteiger partial charge in [-0.15, -0.1) is 11.6 Å². The van der Waals surface area contributed by atoms with Crippen LogP contribution in [0.25, 0.3) is 0 Å². The molecule has 0 bridgehead atoms. The lowest BCUT2D eigenvalue weighted by molar-refractivity contribution is -0.120. The van der Waals surface area contributed by atoms with Gasteiger partial charge >= 0.3 is 0 Å². The van der Waals surface area contributed by atoms with Gasteiger partial charge in [-0.05, 0) is 24.1 Å². The zero-order chi connectivity index (χ0) is 10.6. The minimum absolute atomic E-state index is 0.195. The fourth-order valence-corrected chi connectivity index (χ4v) is 1.38. The Kier molecular flexibility index (Phi) is 3.77. The van der Waals surface area contributed by atoms with E-state index in [9.17, 15) is 4.79 Å². The van der Waals surface area contributed by atoms with Crippen molar-refractivity contribution >= 4 is 17.5 Å². The van der Waals surface area contributed by atoms with Crippen LogP contribution in [0, 0.1) is 0 Å². The second-order valence-corrected chi connectivity index (χ2v) is 3.48. The summed E-state index contributed by atoms with van der Waals surface area (Å²) in [6, 6.07) is 6.63. The van der Waals surface area contributed by atoms with Gasteiger partial charge in [-0.2, -0.15) is 0 Å². The molecular formula is C10H12ClNO2. The fourth-order valence-electron chi connectivity index (χ4n) is 1.09. The van der Waals surface area contributed by atoms with Crippen molar-refractivity contribution in [3.63, 3.8) is 0 Å². The molecule has 0 aliphatic rings. The molecule has 0 saturated heterocycles. The Morgan fingerprint density at radius 3 is 2.57 bits per heavy atom. The predicted octanol–water partition coefficient (Wildman–Crippen LogP) is 1.29. The topological polar surface area (TPSA) is 49.3 Å². The number of amides is 1. The van der Waals surface area contributed by atoms with Crippen LogP contribution < -0.4 is 5.32 Å². The van der Waals surface area contributed by atoms with E-state index in [0.717, 1.165) is 5.56 Å². The first kappa shape index (κ1) is 10.9. The zero-order valence-corrected chi connectivity index (χ0v) is 8.58. The molecule has 0 aromatic heterocycles. The average Bonchev–Trinajstić information content (AvgIpc) is 2.20. The van der Waals surface area contributed by atoms with Crippen LogP contribution in [0.15, 0.2) is 24.3 Å². The SMILES string of the molecule is CNC(=O)C(Cl)Cc1ccc(O)cc1. The molecule has 3 nitrogen and oxygen atoms in total. The van der Waals surface area contributed by atoms with E-state index in [0.29, 0.717) is 6.42 Å². The fraction of sp³-hybridized carbons (Fsp3) is 0.300. The maximum atomic E-state index is 11.1. The summed E-state index contributed by atoms with van der Waals surface area (Å²) >= 11 is 5.83. The lowest BCUT2D eigenvalue weighted by Gasteiger charge is -2.07. The molecular weight excluding hydrogens is 202 g/mol. The number of nitrogens with one attached hydrogen (secondary N) is 1. The van der Waals surface area contributed by atoms with Crippen LogP contribution in [0.5, 0.6) is 5.75 Å². The monoisotopic (exact) mass is 213 g/mol. The number of aromatic hydroxyl groups is 1. The Bertz CT molecular complexity index is 310. The van der Waals surface area contributed by atoms with Gasteiger partial charge in [0.15, 0.2) is 0 Å². The number of alkyl halides is 1. The molecule has 0 radical (unpaired) electrons. The van der Waals surface area contributed by atoms with Crippen molar-refractivity contribution in [2.45, 2.75) is 11.8 Å². The van der Waals surface area contributed by atoms with E-state index in [1.54, 1.807) is 31.3 Å². The Morgan fingerprint density at radius 2 is 2.07 bits per heavy atom. The molecule has 1 amide bonds. The van der Waals surface area contributed by atoms with Crippen LogP contribution in [0.4, 0.5) is 0 Å². The molecule has 1 aromatic carbocycles. The lowest BCUT2D eigenvalue weighted by atomic mass is 10.1. The van der Waals surface area contributed by atoms with Crippen LogP contribution in [-0.4, -0.2) is 23.4 Å². The molecule has 1 atom stereocenters. The number of benzene rings is 1. The molecule has 1 unspecified atom stereocenters. The maximum absolute atomic E-state index is 11.1. The van der Waals surface area contributed by atoms with Crippen LogP contribution in [-0.2, 0) is 11.2 Å². The van der Waals surface area contributed by atoms with Crippen molar-refractivity contribution in [2.24, 2.45) is 0 Å². The van der Waals surface area contributed by atoms with Crippen LogP contribution in [0.1, 0.15) is 5.56 Å². The second-order valence-electron chi connectivity index (χ2n) is 2.95. The molecule has 0 spiro atoms. The minimum atomic E-state index is -0.565. The zero-order valence-electron chi connectivity index (χ0n) is 7.83. The maximum Gasteiger partial charge on any atom is 0.238 e. The summed E-state index contributed by atoms with van der Waals surface area (Å²) in [7, 11) is 1.55. The van der Waals surface area contributed by atoms with E-state index in [-0.39, 0.29) is 11.7 Å². The summed E-state index contributed by atoms with van der Waals surface area (Å²) in [5, 5.41) is 10.9. The summed E-state index contributed by atoms with van der Waals surface area (Å²) in [4.78, 5) is 11.1. The van der Waals surface area contributed by atoms with Crippen molar-refractivity contribution in [2.75, 3.05) is 7.05 Å². The summed E-state index contributed by atoms with van der Waals surface area (Å²) in [6.45, 7) is 0. The normalized spacial score (nSPS) is 12.1. The smallest absolute Gasteiger partial charge is 0.238 e. The van der Waals surface area contributed by atoms with Crippen molar-refractivity contribution in [1.82, 2.24) is 5.32 Å². The summed E-state index contributed by atoms with van der Waals surface area (Å²) in [5.41, 5.74) is 0.923. The molecule has 0 heterocycles. The number of rotatable bonds is 3. The number of carbonyl (C=O) groups excluding carboxylic acids is 1. The van der Waals surface area contributed by atoms with Gasteiger partial charge in [0.05, 0.1) is 0 Å². The van der Waals surface area contributed by atoms with E-state index >= 15 is 0 Å². The number of carbonyl (C=O) groups is 1. The standard InChI is InChI=1S/C10H12ClNO2/c1-12-10(14)9(11)6-7-2-4-8(13)5-3-7/h2-5,9,13H,6H2,1H3,(H,12,14). The molecule has 14 heavy (non-hydrogen) atoms. The third-order valence-electron chi connectivity index (χ3n) is 1.88. The quantitative estimate of drug-likeness (QED) is 0.744. The molecule has 0 aliphatic heterocycles. The van der Waals surface area contributed by atoms with Crippen molar-refractivity contribution in [3.05, 3.63) is 29.8 Å². The molecule has 0 fully saturated rings. The number of hydrogen-bond donors (Lipinski definition) is 2. The first-order valence-electron chi connectivity index (χ1n) is 4.27. The van der Waals surface area contributed by atoms with Gasteiger partial charge in [0, 0.05) is 7.05 Å². The number of phenols is 1. The molecule has 1 rings (SSSR count). The number of phenolic OH excluding ortho intramolecular Hbond substituents is 1. The van der Waals surface area contributed by atoms with Gasteiger partial charge in [-0.3, -0.25) is 4.79 Å². The van der Waals surface area contributed by atoms with Crippen molar-refractivity contribution < 1.29 is 9.90 Å². The van der Waals surface area contributed by atoms with Crippen molar-refractivity contribution in [1.29, 1.82) is 0 Å². The van der Waals surface area contributed by atoms with Gasteiger partial charge < -0.3 is 10.4 Å². The third-order valence-corrected chi connectivity index (χ3v) is 2.23. The van der Waals surface area contributed by atoms with Gasteiger partial charge in [0.25, 0.3) is 0 Å². The first-order valence-corrected chi connectivity index (χ1v) is 4.70. The van der Waals surface area contributed by atoms with E-state index in [4.69, 9.17) is 16.7 Å². The van der Waals surface area contributed by atoms with E-state index in [1.165, 1.54) is 0 Å². The largest absolute Gasteiger partial charge is 0.508 e. The Morgan fingerprint density at radius 1 is 1.50 bits per heavy atom. The van der Waals surface area contributed by atoms with Crippen molar-refractivity contribution in [3.8, 4) is 5.75 Å². The molecule has 76 valence electrons. The van der Waals surface area contributed by atoms with Crippen LogP contribution in [0.2, 0.25) is 0 Å². The first-order chi connectivity index (χ1) is 6.63. The highest BCUT2D eigenvalue weighted by Crippen LogP contribution is 2.13. The van der Waals surface area contributed by atoms with E-state index in [1.807, 2.05) is 0 Å². The minimum Gasteiger partial charge on any atom is -0.508 e. The summed E-state index contributed by atoms with van der Waals surface area (Å²) < 4.78 is 0. The molecule has 1 aromatic rings. The highest BCUT2D eigenvalue weighted by atomic mass is 35.5. The van der Waals surface area contributed by atoms with Gasteiger partial charge in [-0.25, -0.2) is 0 Å². The highest BCUT2D eigenvalue weighted by Gasteiger charge is 2.13. The number of halogens is 1. The molecule has 4 heteroatoms. The van der Waals surface area contributed by atoms with E-state index < -0.39 is 5.38 Å². The Labute approximate surface area is 87.7 Å².